The van der Waals surface area contributed by atoms with E-state index in [1.165, 1.54) is 10.7 Å². The maximum Gasteiger partial charge on any atom is 0.282 e. The second-order valence-corrected chi connectivity index (χ2v) is 5.66. The zero-order valence-corrected chi connectivity index (χ0v) is 13.3. The minimum atomic E-state index is -0.415. The van der Waals surface area contributed by atoms with Gasteiger partial charge in [0.1, 0.15) is 10.3 Å². The molecule has 0 saturated heterocycles. The summed E-state index contributed by atoms with van der Waals surface area (Å²) in [5.41, 5.74) is 1.05. The lowest BCUT2D eigenvalue weighted by molar-refractivity contribution is 0.630. The minimum absolute atomic E-state index is 0.280. The Morgan fingerprint density at radius 2 is 2.05 bits per heavy atom. The van der Waals surface area contributed by atoms with E-state index in [1.807, 2.05) is 0 Å². The molecule has 0 unspecified atom stereocenters. The van der Waals surface area contributed by atoms with Crippen molar-refractivity contribution in [3.05, 3.63) is 49.0 Å². The second kappa shape index (κ2) is 5.42. The van der Waals surface area contributed by atoms with Crippen molar-refractivity contribution in [1.29, 1.82) is 0 Å². The summed E-state index contributed by atoms with van der Waals surface area (Å²) in [6.45, 7) is 1.74. The molecule has 0 aliphatic carbocycles. The Morgan fingerprint density at radius 3 is 2.68 bits per heavy atom. The zero-order valence-electron chi connectivity index (χ0n) is 10.2. The molecule has 0 atom stereocenters. The van der Waals surface area contributed by atoms with E-state index in [0.717, 1.165) is 0 Å². The summed E-state index contributed by atoms with van der Waals surface area (Å²) in [6.07, 6.45) is 0. The van der Waals surface area contributed by atoms with E-state index in [4.69, 9.17) is 0 Å². The third-order valence-corrected chi connectivity index (χ3v) is 3.78. The van der Waals surface area contributed by atoms with Gasteiger partial charge in [0.05, 0.1) is 17.1 Å². The maximum absolute atomic E-state index is 13.8. The number of aromatic nitrogens is 2. The average molecular weight is 391 g/mol. The average Bonchev–Trinajstić information content (AvgIpc) is 2.34. The van der Waals surface area contributed by atoms with E-state index < -0.39 is 5.82 Å². The van der Waals surface area contributed by atoms with Gasteiger partial charge in [0.15, 0.2) is 0 Å². The summed E-state index contributed by atoms with van der Waals surface area (Å²) in [7, 11) is 1.56. The van der Waals surface area contributed by atoms with Crippen LogP contribution in [-0.4, -0.2) is 9.78 Å². The van der Waals surface area contributed by atoms with Gasteiger partial charge < -0.3 is 5.32 Å². The van der Waals surface area contributed by atoms with Crippen LogP contribution < -0.4 is 10.9 Å². The summed E-state index contributed by atoms with van der Waals surface area (Å²) in [5, 5.41) is 6.94. The minimum Gasteiger partial charge on any atom is -0.351 e. The van der Waals surface area contributed by atoms with Gasteiger partial charge in [-0.3, -0.25) is 4.79 Å². The third kappa shape index (κ3) is 2.87. The SMILES string of the molecule is Cc1nn(C)c(=O)c(Br)c1Nc1ccc(Br)cc1F. The first-order valence-corrected chi connectivity index (χ1v) is 6.94. The molecule has 2 rings (SSSR count). The van der Waals surface area contributed by atoms with Gasteiger partial charge in [-0.2, -0.15) is 5.10 Å². The molecule has 1 aromatic heterocycles. The molecule has 0 spiro atoms. The van der Waals surface area contributed by atoms with Crippen molar-refractivity contribution < 1.29 is 4.39 Å². The number of halogens is 3. The number of nitrogens with zero attached hydrogens (tertiary/aromatic N) is 2. The summed E-state index contributed by atoms with van der Waals surface area (Å²) < 4.78 is 16.0. The molecule has 0 saturated carbocycles. The highest BCUT2D eigenvalue weighted by Crippen LogP contribution is 2.27. The van der Waals surface area contributed by atoms with E-state index in [1.54, 1.807) is 26.1 Å². The normalized spacial score (nSPS) is 10.6. The molecule has 1 aromatic carbocycles. The fraction of sp³-hybridized carbons (Fsp3) is 0.167. The molecule has 0 fully saturated rings. The predicted octanol–water partition coefficient (Wildman–Crippen LogP) is 3.50. The number of aryl methyl sites for hydroxylation is 2. The standard InChI is InChI=1S/C12H10Br2FN3O/c1-6-11(10(14)12(19)18(2)17-6)16-9-4-3-7(13)5-8(9)15/h3-5,16H,1-2H3. The van der Waals surface area contributed by atoms with E-state index in [9.17, 15) is 9.18 Å². The molecule has 7 heteroatoms. The van der Waals surface area contributed by atoms with Crippen molar-refractivity contribution in [1.82, 2.24) is 9.78 Å². The smallest absolute Gasteiger partial charge is 0.282 e. The molecule has 0 aliphatic rings. The van der Waals surface area contributed by atoms with Crippen molar-refractivity contribution in [3.63, 3.8) is 0 Å². The van der Waals surface area contributed by atoms with Crippen molar-refractivity contribution >= 4 is 43.2 Å². The van der Waals surface area contributed by atoms with Gasteiger partial charge in [0.25, 0.3) is 5.56 Å². The molecule has 0 amide bonds. The highest BCUT2D eigenvalue weighted by molar-refractivity contribution is 9.10. The third-order valence-electron chi connectivity index (χ3n) is 2.55. The van der Waals surface area contributed by atoms with Gasteiger partial charge in [0.2, 0.25) is 0 Å². The molecule has 0 bridgehead atoms. The Hall–Kier alpha value is -1.21. The van der Waals surface area contributed by atoms with Crippen LogP contribution in [0, 0.1) is 12.7 Å². The first kappa shape index (κ1) is 14.2. The molecule has 1 N–H and O–H groups in total. The van der Waals surface area contributed by atoms with Crippen LogP contribution in [0.2, 0.25) is 0 Å². The summed E-state index contributed by atoms with van der Waals surface area (Å²) >= 11 is 6.40. The summed E-state index contributed by atoms with van der Waals surface area (Å²) in [5.74, 6) is -0.415. The van der Waals surface area contributed by atoms with Crippen molar-refractivity contribution in [2.45, 2.75) is 6.92 Å². The van der Waals surface area contributed by atoms with Crippen LogP contribution in [0.15, 0.2) is 31.9 Å². The van der Waals surface area contributed by atoms with Crippen LogP contribution in [-0.2, 0) is 7.05 Å². The van der Waals surface area contributed by atoms with E-state index in [0.29, 0.717) is 20.3 Å². The second-order valence-electron chi connectivity index (χ2n) is 3.95. The van der Waals surface area contributed by atoms with E-state index >= 15 is 0 Å². The van der Waals surface area contributed by atoms with Crippen LogP contribution in [0.1, 0.15) is 5.69 Å². The Kier molecular flexibility index (Phi) is 4.05. The van der Waals surface area contributed by atoms with Gasteiger partial charge in [-0.05, 0) is 41.1 Å². The number of hydrogen-bond donors (Lipinski definition) is 1. The van der Waals surface area contributed by atoms with E-state index in [2.05, 4.69) is 42.3 Å². The molecule has 2 aromatic rings. The molecule has 4 nitrogen and oxygen atoms in total. The lowest BCUT2D eigenvalue weighted by Gasteiger charge is -2.12. The Morgan fingerprint density at radius 1 is 1.37 bits per heavy atom. The molecular weight excluding hydrogens is 381 g/mol. The topological polar surface area (TPSA) is 46.9 Å². The zero-order chi connectivity index (χ0) is 14.2. The quantitative estimate of drug-likeness (QED) is 0.853. The number of benzene rings is 1. The summed E-state index contributed by atoms with van der Waals surface area (Å²) in [4.78, 5) is 11.8. The van der Waals surface area contributed by atoms with E-state index in [-0.39, 0.29) is 11.2 Å². The number of rotatable bonds is 2. The number of nitrogens with one attached hydrogen (secondary N) is 1. The molecule has 19 heavy (non-hydrogen) atoms. The Bertz CT molecular complexity index is 700. The van der Waals surface area contributed by atoms with Gasteiger partial charge in [-0.25, -0.2) is 9.07 Å². The van der Waals surface area contributed by atoms with Gasteiger partial charge in [-0.15, -0.1) is 0 Å². The number of hydrogen-bond acceptors (Lipinski definition) is 3. The molecule has 0 radical (unpaired) electrons. The van der Waals surface area contributed by atoms with Crippen LogP contribution in [0.5, 0.6) is 0 Å². The van der Waals surface area contributed by atoms with Crippen molar-refractivity contribution in [2.24, 2.45) is 7.05 Å². The van der Waals surface area contributed by atoms with Crippen molar-refractivity contribution in [3.8, 4) is 0 Å². The van der Waals surface area contributed by atoms with Gasteiger partial charge >= 0.3 is 0 Å². The van der Waals surface area contributed by atoms with Crippen LogP contribution in [0.4, 0.5) is 15.8 Å². The lowest BCUT2D eigenvalue weighted by Crippen LogP contribution is -2.22. The van der Waals surface area contributed by atoms with Gasteiger partial charge in [0, 0.05) is 11.5 Å². The lowest BCUT2D eigenvalue weighted by atomic mass is 10.2. The Labute approximate surface area is 125 Å². The number of anilines is 2. The maximum atomic E-state index is 13.8. The Balaban J connectivity index is 2.50. The van der Waals surface area contributed by atoms with Crippen LogP contribution in [0.25, 0.3) is 0 Å². The van der Waals surface area contributed by atoms with Crippen LogP contribution >= 0.6 is 31.9 Å². The van der Waals surface area contributed by atoms with Crippen LogP contribution in [0.3, 0.4) is 0 Å². The fourth-order valence-corrected chi connectivity index (χ4v) is 2.57. The highest BCUT2D eigenvalue weighted by atomic mass is 79.9. The fourth-order valence-electron chi connectivity index (χ4n) is 1.60. The summed E-state index contributed by atoms with van der Waals surface area (Å²) in [6, 6.07) is 4.64. The van der Waals surface area contributed by atoms with Gasteiger partial charge in [-0.1, -0.05) is 15.9 Å². The molecule has 0 aliphatic heterocycles. The van der Waals surface area contributed by atoms with Crippen molar-refractivity contribution in [2.75, 3.05) is 5.32 Å². The first-order chi connectivity index (χ1) is 8.90. The highest BCUT2D eigenvalue weighted by Gasteiger charge is 2.13. The molecular formula is C12H10Br2FN3O. The molecule has 1 heterocycles. The first-order valence-electron chi connectivity index (χ1n) is 5.35. The largest absolute Gasteiger partial charge is 0.351 e. The molecule has 100 valence electrons. The predicted molar refractivity (Wildman–Crippen MR) is 79.3 cm³/mol. The monoisotopic (exact) mass is 389 g/mol.